The highest BCUT2D eigenvalue weighted by Crippen LogP contribution is 2.24. The molecule has 1 amide bonds. The number of aromatic nitrogens is 2. The highest BCUT2D eigenvalue weighted by Gasteiger charge is 2.29. The van der Waals surface area contributed by atoms with Gasteiger partial charge in [0.05, 0.1) is 17.9 Å². The van der Waals surface area contributed by atoms with Gasteiger partial charge in [0.2, 0.25) is 5.91 Å². The molecule has 0 aliphatic carbocycles. The predicted octanol–water partition coefficient (Wildman–Crippen LogP) is 1.88. The summed E-state index contributed by atoms with van der Waals surface area (Å²) in [5.41, 5.74) is 2.77. The number of likely N-dealkylation sites (N-methyl/N-ethyl adjacent to an activating group) is 1. The molecule has 1 saturated heterocycles. The van der Waals surface area contributed by atoms with Crippen molar-refractivity contribution in [3.05, 3.63) is 41.8 Å². The molecule has 5 nitrogen and oxygen atoms in total. The smallest absolute Gasteiger partial charge is 0.239 e. The van der Waals surface area contributed by atoms with Gasteiger partial charge in [0.15, 0.2) is 0 Å². The number of carbonyl (C=O) groups excluding carboxylic acids is 1. The lowest BCUT2D eigenvalue weighted by Gasteiger charge is -2.37. The number of H-pyrrole nitrogens is 1. The van der Waals surface area contributed by atoms with Crippen LogP contribution in [0.2, 0.25) is 0 Å². The van der Waals surface area contributed by atoms with Crippen LogP contribution in [-0.2, 0) is 11.3 Å². The van der Waals surface area contributed by atoms with Gasteiger partial charge in [0, 0.05) is 37.8 Å². The Morgan fingerprint density at radius 2 is 2.05 bits per heavy atom. The largest absolute Gasteiger partial charge is 0.343 e. The zero-order valence-electron chi connectivity index (χ0n) is 12.7. The van der Waals surface area contributed by atoms with Crippen LogP contribution < -0.4 is 0 Å². The zero-order chi connectivity index (χ0) is 15.7. The van der Waals surface area contributed by atoms with E-state index in [1.54, 1.807) is 23.2 Å². The Kier molecular flexibility index (Phi) is 3.94. The summed E-state index contributed by atoms with van der Waals surface area (Å²) in [5, 5.41) is 7.08. The van der Waals surface area contributed by atoms with Gasteiger partial charge in [-0.05, 0) is 31.2 Å². The molecule has 6 heteroatoms. The lowest BCUT2D eigenvalue weighted by atomic mass is 10.1. The molecule has 22 heavy (non-hydrogen) atoms. The highest BCUT2D eigenvalue weighted by molar-refractivity contribution is 5.82. The van der Waals surface area contributed by atoms with Gasteiger partial charge in [-0.25, -0.2) is 4.39 Å². The molecule has 0 bridgehead atoms. The summed E-state index contributed by atoms with van der Waals surface area (Å²) >= 11 is 0. The number of halogens is 1. The molecule has 1 N–H and O–H groups in total. The van der Waals surface area contributed by atoms with Crippen LogP contribution in [0.25, 0.3) is 11.3 Å². The first-order chi connectivity index (χ1) is 10.6. The maximum absolute atomic E-state index is 13.1. The van der Waals surface area contributed by atoms with Gasteiger partial charge in [-0.1, -0.05) is 0 Å². The fourth-order valence-electron chi connectivity index (χ4n) is 2.79. The Morgan fingerprint density at radius 1 is 1.32 bits per heavy atom. The third-order valence-corrected chi connectivity index (χ3v) is 4.23. The standard InChI is InChI=1S/C16H19FN4O/c1-11-16(22)20(2)7-8-21(11)10-13-9-18-19-15(13)12-3-5-14(17)6-4-12/h3-6,9,11H,7-8,10H2,1-2H3,(H,18,19). The van der Waals surface area contributed by atoms with Gasteiger partial charge in [0.25, 0.3) is 0 Å². The number of aromatic amines is 1. The van der Waals surface area contributed by atoms with Gasteiger partial charge in [0.1, 0.15) is 5.82 Å². The molecule has 1 fully saturated rings. The van der Waals surface area contributed by atoms with Crippen LogP contribution in [0.5, 0.6) is 0 Å². The van der Waals surface area contributed by atoms with E-state index in [1.165, 1.54) is 12.1 Å². The van der Waals surface area contributed by atoms with Crippen LogP contribution in [0.4, 0.5) is 4.39 Å². The number of rotatable bonds is 3. The maximum atomic E-state index is 13.1. The second-order valence-electron chi connectivity index (χ2n) is 5.68. The first-order valence-electron chi connectivity index (χ1n) is 7.33. The number of benzene rings is 1. The van der Waals surface area contributed by atoms with Crippen LogP contribution in [0.1, 0.15) is 12.5 Å². The molecule has 0 saturated carbocycles. The first-order valence-corrected chi connectivity index (χ1v) is 7.33. The lowest BCUT2D eigenvalue weighted by Crippen LogP contribution is -2.53. The van der Waals surface area contributed by atoms with E-state index >= 15 is 0 Å². The second-order valence-corrected chi connectivity index (χ2v) is 5.68. The number of carbonyl (C=O) groups is 1. The Bertz CT molecular complexity index is 667. The number of hydrogen-bond donors (Lipinski definition) is 1. The molecule has 2 aromatic rings. The zero-order valence-corrected chi connectivity index (χ0v) is 12.7. The van der Waals surface area contributed by atoms with Crippen molar-refractivity contribution in [3.63, 3.8) is 0 Å². The summed E-state index contributed by atoms with van der Waals surface area (Å²) in [6.45, 7) is 4.13. The Morgan fingerprint density at radius 3 is 2.77 bits per heavy atom. The normalized spacial score (nSPS) is 19.7. The molecule has 1 atom stereocenters. The van der Waals surface area contributed by atoms with Gasteiger partial charge in [-0.2, -0.15) is 5.10 Å². The first kappa shape index (κ1) is 14.7. The summed E-state index contributed by atoms with van der Waals surface area (Å²) < 4.78 is 13.1. The van der Waals surface area contributed by atoms with Crippen molar-refractivity contribution in [1.82, 2.24) is 20.0 Å². The fraction of sp³-hybridized carbons (Fsp3) is 0.375. The number of hydrogen-bond acceptors (Lipinski definition) is 3. The van der Waals surface area contributed by atoms with Crippen LogP contribution in [-0.4, -0.2) is 52.1 Å². The quantitative estimate of drug-likeness (QED) is 0.942. The van der Waals surface area contributed by atoms with E-state index in [2.05, 4.69) is 15.1 Å². The van der Waals surface area contributed by atoms with E-state index in [0.717, 1.165) is 29.9 Å². The number of piperazine rings is 1. The summed E-state index contributed by atoms with van der Waals surface area (Å²) in [4.78, 5) is 16.0. The minimum absolute atomic E-state index is 0.137. The molecule has 116 valence electrons. The van der Waals surface area contributed by atoms with Crippen LogP contribution in [0, 0.1) is 5.82 Å². The number of amides is 1. The molecular formula is C16H19FN4O. The van der Waals surface area contributed by atoms with E-state index in [-0.39, 0.29) is 17.8 Å². The molecule has 1 aliphatic heterocycles. The minimum Gasteiger partial charge on any atom is -0.343 e. The van der Waals surface area contributed by atoms with Crippen LogP contribution >= 0.6 is 0 Å². The summed E-state index contributed by atoms with van der Waals surface area (Å²) in [6, 6.07) is 6.18. The third-order valence-electron chi connectivity index (χ3n) is 4.23. The van der Waals surface area contributed by atoms with Crippen LogP contribution in [0.3, 0.4) is 0 Å². The van der Waals surface area contributed by atoms with E-state index in [1.807, 2.05) is 14.0 Å². The predicted molar refractivity (Wildman–Crippen MR) is 81.5 cm³/mol. The van der Waals surface area contributed by atoms with Gasteiger partial charge < -0.3 is 4.90 Å². The second kappa shape index (κ2) is 5.88. The third kappa shape index (κ3) is 2.74. The van der Waals surface area contributed by atoms with Crippen molar-refractivity contribution in [2.24, 2.45) is 0 Å². The average Bonchev–Trinajstić information content (AvgIpc) is 2.97. The number of nitrogens with zero attached hydrogens (tertiary/aromatic N) is 3. The Hall–Kier alpha value is -2.21. The highest BCUT2D eigenvalue weighted by atomic mass is 19.1. The van der Waals surface area contributed by atoms with Crippen LogP contribution in [0.15, 0.2) is 30.5 Å². The summed E-state index contributed by atoms with van der Waals surface area (Å²) in [6.07, 6.45) is 1.77. The van der Waals surface area contributed by atoms with Crippen molar-refractivity contribution in [2.45, 2.75) is 19.5 Å². The average molecular weight is 302 g/mol. The summed E-state index contributed by atoms with van der Waals surface area (Å²) in [7, 11) is 1.83. The molecular weight excluding hydrogens is 283 g/mol. The molecule has 0 radical (unpaired) electrons. The van der Waals surface area contributed by atoms with Crippen molar-refractivity contribution in [3.8, 4) is 11.3 Å². The fourth-order valence-corrected chi connectivity index (χ4v) is 2.79. The molecule has 1 aromatic heterocycles. The molecule has 1 aliphatic rings. The van der Waals surface area contributed by atoms with E-state index in [9.17, 15) is 9.18 Å². The monoisotopic (exact) mass is 302 g/mol. The van der Waals surface area contributed by atoms with E-state index in [4.69, 9.17) is 0 Å². The van der Waals surface area contributed by atoms with Crippen molar-refractivity contribution in [2.75, 3.05) is 20.1 Å². The topological polar surface area (TPSA) is 52.2 Å². The Labute approximate surface area is 128 Å². The molecule has 1 aromatic carbocycles. The maximum Gasteiger partial charge on any atom is 0.239 e. The summed E-state index contributed by atoms with van der Waals surface area (Å²) in [5.74, 6) is -0.124. The SMILES string of the molecule is CC1C(=O)N(C)CCN1Cc1cn[nH]c1-c1ccc(F)cc1. The van der Waals surface area contributed by atoms with Crippen molar-refractivity contribution < 1.29 is 9.18 Å². The van der Waals surface area contributed by atoms with E-state index in [0.29, 0.717) is 6.54 Å². The van der Waals surface area contributed by atoms with Crippen molar-refractivity contribution in [1.29, 1.82) is 0 Å². The van der Waals surface area contributed by atoms with E-state index < -0.39 is 0 Å². The minimum atomic E-state index is -0.261. The van der Waals surface area contributed by atoms with Gasteiger partial charge in [-0.3, -0.25) is 14.8 Å². The molecule has 0 spiro atoms. The number of nitrogens with one attached hydrogen (secondary N) is 1. The lowest BCUT2D eigenvalue weighted by molar-refractivity contribution is -0.139. The Balaban J connectivity index is 1.81. The van der Waals surface area contributed by atoms with Gasteiger partial charge in [-0.15, -0.1) is 0 Å². The molecule has 2 heterocycles. The molecule has 3 rings (SSSR count). The van der Waals surface area contributed by atoms with Crippen molar-refractivity contribution >= 4 is 5.91 Å². The van der Waals surface area contributed by atoms with Gasteiger partial charge >= 0.3 is 0 Å². The molecule has 1 unspecified atom stereocenters.